The van der Waals surface area contributed by atoms with Crippen molar-refractivity contribution in [3.05, 3.63) is 35.4 Å². The standard InChI is InChI=1S/C17H27N3O2.HI/c1-6-14-7-9-15(10-8-14)12-20(4)17(18-3)19-11-13(2)16(21)22-5;/h7-10,13H,6,11-12H2,1-5H3,(H,18,19);1H. The predicted molar refractivity (Wildman–Crippen MR) is 105 cm³/mol. The Morgan fingerprint density at radius 1 is 1.30 bits per heavy atom. The molecule has 130 valence electrons. The Balaban J connectivity index is 0.00000484. The smallest absolute Gasteiger partial charge is 0.310 e. The summed E-state index contributed by atoms with van der Waals surface area (Å²) in [7, 11) is 5.12. The summed E-state index contributed by atoms with van der Waals surface area (Å²) in [5.41, 5.74) is 2.56. The van der Waals surface area contributed by atoms with Crippen molar-refractivity contribution in [3.63, 3.8) is 0 Å². The first-order chi connectivity index (χ1) is 10.5. The molecule has 0 aliphatic rings. The first-order valence-corrected chi connectivity index (χ1v) is 7.59. The number of methoxy groups -OCH3 is 1. The van der Waals surface area contributed by atoms with Crippen LogP contribution in [-0.4, -0.2) is 44.6 Å². The molecular formula is C17H28IN3O2. The van der Waals surface area contributed by atoms with Crippen LogP contribution in [0.4, 0.5) is 0 Å². The predicted octanol–water partition coefficient (Wildman–Crippen LogP) is 2.68. The molecule has 0 heterocycles. The van der Waals surface area contributed by atoms with Gasteiger partial charge < -0.3 is 15.0 Å². The van der Waals surface area contributed by atoms with E-state index in [1.54, 1.807) is 7.05 Å². The zero-order valence-electron chi connectivity index (χ0n) is 14.6. The molecule has 0 amide bonds. The molecule has 0 fully saturated rings. The summed E-state index contributed by atoms with van der Waals surface area (Å²) in [6.07, 6.45) is 1.05. The third-order valence-electron chi connectivity index (χ3n) is 3.59. The van der Waals surface area contributed by atoms with Crippen LogP contribution in [0.25, 0.3) is 0 Å². The molecular weight excluding hydrogens is 405 g/mol. The zero-order valence-corrected chi connectivity index (χ0v) is 17.0. The van der Waals surface area contributed by atoms with Crippen LogP contribution in [0.5, 0.6) is 0 Å². The Labute approximate surface area is 156 Å². The van der Waals surface area contributed by atoms with Gasteiger partial charge in [-0.05, 0) is 17.5 Å². The average Bonchev–Trinajstić information content (AvgIpc) is 2.55. The number of carbonyl (C=O) groups excluding carboxylic acids is 1. The molecule has 0 saturated heterocycles. The maximum atomic E-state index is 11.4. The van der Waals surface area contributed by atoms with Gasteiger partial charge in [-0.25, -0.2) is 0 Å². The molecule has 1 unspecified atom stereocenters. The molecule has 0 aliphatic heterocycles. The molecule has 0 bridgehead atoms. The van der Waals surface area contributed by atoms with Gasteiger partial charge in [-0.3, -0.25) is 9.79 Å². The van der Waals surface area contributed by atoms with E-state index in [0.29, 0.717) is 6.54 Å². The molecule has 1 atom stereocenters. The Bertz CT molecular complexity index is 503. The summed E-state index contributed by atoms with van der Waals surface area (Å²) >= 11 is 0. The SMILES string of the molecule is CCc1ccc(CN(C)C(=NC)NCC(C)C(=O)OC)cc1.I. The summed E-state index contributed by atoms with van der Waals surface area (Å²) in [6, 6.07) is 8.58. The number of aryl methyl sites for hydroxylation is 1. The van der Waals surface area contributed by atoms with Crippen LogP contribution in [0.15, 0.2) is 29.3 Å². The highest BCUT2D eigenvalue weighted by atomic mass is 127. The van der Waals surface area contributed by atoms with E-state index in [2.05, 4.69) is 41.5 Å². The van der Waals surface area contributed by atoms with E-state index >= 15 is 0 Å². The topological polar surface area (TPSA) is 53.9 Å². The van der Waals surface area contributed by atoms with Gasteiger partial charge in [0.1, 0.15) is 0 Å². The van der Waals surface area contributed by atoms with E-state index in [-0.39, 0.29) is 35.9 Å². The van der Waals surface area contributed by atoms with Crippen molar-refractivity contribution in [2.45, 2.75) is 26.8 Å². The lowest BCUT2D eigenvalue weighted by Crippen LogP contribution is -2.41. The van der Waals surface area contributed by atoms with Gasteiger partial charge in [0.2, 0.25) is 0 Å². The van der Waals surface area contributed by atoms with E-state index in [4.69, 9.17) is 4.74 Å². The number of nitrogens with one attached hydrogen (secondary N) is 1. The number of rotatable bonds is 6. The lowest BCUT2D eigenvalue weighted by Gasteiger charge is -2.23. The normalized spacial score (nSPS) is 12.1. The molecule has 0 saturated carbocycles. The zero-order chi connectivity index (χ0) is 16.5. The number of aliphatic imine (C=N–C) groups is 1. The maximum Gasteiger partial charge on any atom is 0.310 e. The van der Waals surface area contributed by atoms with Crippen LogP contribution in [0, 0.1) is 5.92 Å². The van der Waals surface area contributed by atoms with Crippen LogP contribution in [0.1, 0.15) is 25.0 Å². The summed E-state index contributed by atoms with van der Waals surface area (Å²) in [4.78, 5) is 17.7. The number of hydrogen-bond donors (Lipinski definition) is 1. The van der Waals surface area contributed by atoms with E-state index < -0.39 is 0 Å². The van der Waals surface area contributed by atoms with Gasteiger partial charge in [-0.2, -0.15) is 0 Å². The van der Waals surface area contributed by atoms with Gasteiger partial charge in [0, 0.05) is 27.2 Å². The summed E-state index contributed by atoms with van der Waals surface area (Å²) in [5, 5.41) is 3.20. The van der Waals surface area contributed by atoms with Crippen molar-refractivity contribution in [2.75, 3.05) is 27.7 Å². The van der Waals surface area contributed by atoms with E-state index in [1.807, 2.05) is 18.9 Å². The first kappa shape index (κ1) is 21.7. The fourth-order valence-electron chi connectivity index (χ4n) is 2.14. The minimum atomic E-state index is -0.222. The largest absolute Gasteiger partial charge is 0.469 e. The Morgan fingerprint density at radius 3 is 2.35 bits per heavy atom. The van der Waals surface area contributed by atoms with E-state index in [0.717, 1.165) is 18.9 Å². The number of ether oxygens (including phenoxy) is 1. The summed E-state index contributed by atoms with van der Waals surface area (Å²) < 4.78 is 4.72. The number of carbonyl (C=O) groups is 1. The van der Waals surface area contributed by atoms with Gasteiger partial charge in [0.05, 0.1) is 13.0 Å². The maximum absolute atomic E-state index is 11.4. The Hall–Kier alpha value is -1.31. The quantitative estimate of drug-likeness (QED) is 0.325. The molecule has 5 nitrogen and oxygen atoms in total. The number of benzene rings is 1. The molecule has 0 radical (unpaired) electrons. The number of guanidine groups is 1. The fraction of sp³-hybridized carbons (Fsp3) is 0.529. The van der Waals surface area contributed by atoms with Crippen LogP contribution in [-0.2, 0) is 22.5 Å². The number of nitrogens with zero attached hydrogens (tertiary/aromatic N) is 2. The Morgan fingerprint density at radius 2 is 1.87 bits per heavy atom. The monoisotopic (exact) mass is 433 g/mol. The minimum absolute atomic E-state index is 0. The molecule has 0 aromatic heterocycles. The van der Waals surface area contributed by atoms with Crippen LogP contribution in [0.2, 0.25) is 0 Å². The van der Waals surface area contributed by atoms with Gasteiger partial charge in [0.25, 0.3) is 0 Å². The van der Waals surface area contributed by atoms with Crippen LogP contribution >= 0.6 is 24.0 Å². The molecule has 1 N–H and O–H groups in total. The van der Waals surface area contributed by atoms with E-state index in [1.165, 1.54) is 18.2 Å². The summed E-state index contributed by atoms with van der Waals surface area (Å²) in [5.74, 6) is 0.329. The molecule has 1 rings (SSSR count). The lowest BCUT2D eigenvalue weighted by atomic mass is 10.1. The number of hydrogen-bond acceptors (Lipinski definition) is 3. The van der Waals surface area contributed by atoms with Gasteiger partial charge in [0.15, 0.2) is 5.96 Å². The number of esters is 1. The van der Waals surface area contributed by atoms with Crippen molar-refractivity contribution in [1.29, 1.82) is 0 Å². The third kappa shape index (κ3) is 7.20. The van der Waals surface area contributed by atoms with Gasteiger partial charge in [-0.1, -0.05) is 38.1 Å². The fourth-order valence-corrected chi connectivity index (χ4v) is 2.14. The molecule has 6 heteroatoms. The highest BCUT2D eigenvalue weighted by Gasteiger charge is 2.14. The average molecular weight is 433 g/mol. The van der Waals surface area contributed by atoms with Gasteiger partial charge in [-0.15, -0.1) is 24.0 Å². The second-order valence-electron chi connectivity index (χ2n) is 5.38. The van der Waals surface area contributed by atoms with Crippen LogP contribution in [0.3, 0.4) is 0 Å². The summed E-state index contributed by atoms with van der Waals surface area (Å²) in [6.45, 7) is 5.24. The molecule has 0 aliphatic carbocycles. The molecule has 1 aromatic rings. The van der Waals surface area contributed by atoms with Crippen molar-refractivity contribution < 1.29 is 9.53 Å². The molecule has 1 aromatic carbocycles. The van der Waals surface area contributed by atoms with E-state index in [9.17, 15) is 4.79 Å². The Kier molecular flexibility index (Phi) is 10.6. The molecule has 23 heavy (non-hydrogen) atoms. The second kappa shape index (κ2) is 11.3. The second-order valence-corrected chi connectivity index (χ2v) is 5.38. The van der Waals surface area contributed by atoms with Crippen molar-refractivity contribution in [2.24, 2.45) is 10.9 Å². The highest BCUT2D eigenvalue weighted by Crippen LogP contribution is 2.07. The van der Waals surface area contributed by atoms with Gasteiger partial charge >= 0.3 is 5.97 Å². The third-order valence-corrected chi connectivity index (χ3v) is 3.59. The highest BCUT2D eigenvalue weighted by molar-refractivity contribution is 14.0. The van der Waals surface area contributed by atoms with Crippen molar-refractivity contribution >= 4 is 35.9 Å². The van der Waals surface area contributed by atoms with Crippen LogP contribution < -0.4 is 5.32 Å². The minimum Gasteiger partial charge on any atom is -0.469 e. The number of halogens is 1. The van der Waals surface area contributed by atoms with Crippen molar-refractivity contribution in [3.8, 4) is 0 Å². The molecule has 0 spiro atoms. The van der Waals surface area contributed by atoms with Crippen molar-refractivity contribution in [1.82, 2.24) is 10.2 Å². The lowest BCUT2D eigenvalue weighted by molar-refractivity contribution is -0.144. The first-order valence-electron chi connectivity index (χ1n) is 7.59.